The Bertz CT molecular complexity index is 868. The van der Waals surface area contributed by atoms with Crippen molar-refractivity contribution in [1.82, 2.24) is 9.88 Å². The van der Waals surface area contributed by atoms with Gasteiger partial charge in [0.2, 0.25) is 5.91 Å². The zero-order valence-corrected chi connectivity index (χ0v) is 17.9. The summed E-state index contributed by atoms with van der Waals surface area (Å²) in [6, 6.07) is 13.9. The van der Waals surface area contributed by atoms with Crippen molar-refractivity contribution in [2.24, 2.45) is 0 Å². The molecule has 0 aliphatic carbocycles. The third-order valence-electron chi connectivity index (χ3n) is 5.65. The van der Waals surface area contributed by atoms with Crippen molar-refractivity contribution >= 4 is 11.7 Å². The molecule has 1 aromatic heterocycles. The maximum Gasteiger partial charge on any atom is 0.226 e. The third-order valence-corrected chi connectivity index (χ3v) is 5.65. The molecule has 0 saturated carbocycles. The molecule has 0 spiro atoms. The van der Waals surface area contributed by atoms with E-state index in [4.69, 9.17) is 4.74 Å². The van der Waals surface area contributed by atoms with Crippen LogP contribution in [0, 0.1) is 11.3 Å². The number of pyridine rings is 1. The number of unbranched alkanes of at least 4 members (excludes halogenated alkanes) is 1. The number of nitrogens with zero attached hydrogens (tertiary/aromatic N) is 4. The predicted octanol–water partition coefficient (Wildman–Crippen LogP) is 3.80. The van der Waals surface area contributed by atoms with Crippen LogP contribution in [0.2, 0.25) is 0 Å². The molecular weight excluding hydrogens is 376 g/mol. The van der Waals surface area contributed by atoms with Gasteiger partial charge in [-0.05, 0) is 49.1 Å². The van der Waals surface area contributed by atoms with Gasteiger partial charge in [0.05, 0.1) is 18.6 Å². The molecule has 0 bridgehead atoms. The molecule has 3 rings (SSSR count). The molecule has 0 unspecified atom stereocenters. The van der Waals surface area contributed by atoms with Crippen molar-refractivity contribution in [3.05, 3.63) is 53.7 Å². The Hall–Kier alpha value is -3.07. The van der Waals surface area contributed by atoms with Crippen LogP contribution in [0.3, 0.4) is 0 Å². The first-order valence-electron chi connectivity index (χ1n) is 10.7. The van der Waals surface area contributed by atoms with Crippen LogP contribution in [-0.2, 0) is 11.2 Å². The summed E-state index contributed by atoms with van der Waals surface area (Å²) in [4.78, 5) is 21.1. The number of anilines is 1. The fraction of sp³-hybridized carbons (Fsp3) is 0.458. The van der Waals surface area contributed by atoms with Crippen LogP contribution in [-0.4, -0.2) is 48.6 Å². The number of hydrogen-bond donors (Lipinski definition) is 0. The van der Waals surface area contributed by atoms with E-state index in [0.717, 1.165) is 56.7 Å². The summed E-state index contributed by atoms with van der Waals surface area (Å²) in [5.74, 6) is 1.73. The first kappa shape index (κ1) is 21.6. The Morgan fingerprint density at radius 3 is 2.67 bits per heavy atom. The third kappa shape index (κ3) is 5.50. The lowest BCUT2D eigenvalue weighted by molar-refractivity contribution is -0.131. The van der Waals surface area contributed by atoms with Crippen molar-refractivity contribution < 1.29 is 9.53 Å². The van der Waals surface area contributed by atoms with Gasteiger partial charge in [-0.15, -0.1) is 0 Å². The topological polar surface area (TPSA) is 69.5 Å². The molecule has 1 saturated heterocycles. The highest BCUT2D eigenvalue weighted by Gasteiger charge is 2.26. The van der Waals surface area contributed by atoms with Gasteiger partial charge in [0.15, 0.2) is 0 Å². The van der Waals surface area contributed by atoms with Gasteiger partial charge in [0.25, 0.3) is 0 Å². The first-order chi connectivity index (χ1) is 14.6. The van der Waals surface area contributed by atoms with Gasteiger partial charge in [0.1, 0.15) is 17.6 Å². The number of carbonyl (C=O) groups is 1. The summed E-state index contributed by atoms with van der Waals surface area (Å²) in [7, 11) is 1.98. The quantitative estimate of drug-likeness (QED) is 0.624. The van der Waals surface area contributed by atoms with Crippen molar-refractivity contribution in [3.63, 3.8) is 0 Å². The number of hydrogen-bond acceptors (Lipinski definition) is 5. The van der Waals surface area contributed by atoms with Crippen LogP contribution in [0.15, 0.2) is 42.6 Å². The lowest BCUT2D eigenvalue weighted by Gasteiger charge is -2.37. The molecule has 0 radical (unpaired) electrons. The van der Waals surface area contributed by atoms with Gasteiger partial charge in [-0.1, -0.05) is 25.5 Å². The largest absolute Gasteiger partial charge is 0.494 e. The second kappa shape index (κ2) is 10.6. The monoisotopic (exact) mass is 406 g/mol. The van der Waals surface area contributed by atoms with Crippen LogP contribution in [0.1, 0.15) is 43.7 Å². The minimum absolute atomic E-state index is 0.159. The maximum atomic E-state index is 12.7. The van der Waals surface area contributed by atoms with E-state index >= 15 is 0 Å². The summed E-state index contributed by atoms with van der Waals surface area (Å²) in [5, 5.41) is 9.31. The van der Waals surface area contributed by atoms with Gasteiger partial charge in [-0.3, -0.25) is 4.79 Å². The number of carbonyl (C=O) groups excluding carboxylic acids is 1. The molecule has 0 N–H and O–H groups in total. The number of piperidine rings is 1. The molecule has 158 valence electrons. The van der Waals surface area contributed by atoms with E-state index in [0.29, 0.717) is 17.8 Å². The highest BCUT2D eigenvalue weighted by atomic mass is 16.5. The normalized spacial score (nSPS) is 14.2. The highest BCUT2D eigenvalue weighted by molar-refractivity contribution is 5.79. The van der Waals surface area contributed by atoms with Gasteiger partial charge in [-0.25, -0.2) is 4.98 Å². The highest BCUT2D eigenvalue weighted by Crippen LogP contribution is 2.23. The number of aromatic nitrogens is 1. The number of ether oxygens (including phenoxy) is 1. The predicted molar refractivity (Wildman–Crippen MR) is 118 cm³/mol. The molecule has 30 heavy (non-hydrogen) atoms. The average Bonchev–Trinajstić information content (AvgIpc) is 2.80. The molecule has 6 heteroatoms. The molecule has 6 nitrogen and oxygen atoms in total. The average molecular weight is 407 g/mol. The number of benzene rings is 1. The van der Waals surface area contributed by atoms with E-state index in [2.05, 4.69) is 22.9 Å². The van der Waals surface area contributed by atoms with Gasteiger partial charge in [-0.2, -0.15) is 5.26 Å². The van der Waals surface area contributed by atoms with E-state index in [1.165, 1.54) is 0 Å². The van der Waals surface area contributed by atoms with Crippen LogP contribution in [0.5, 0.6) is 5.75 Å². The first-order valence-corrected chi connectivity index (χ1v) is 10.7. The minimum atomic E-state index is 0.159. The zero-order chi connectivity index (χ0) is 21.3. The van der Waals surface area contributed by atoms with Crippen LogP contribution >= 0.6 is 0 Å². The smallest absolute Gasteiger partial charge is 0.226 e. The summed E-state index contributed by atoms with van der Waals surface area (Å²) in [6.07, 6.45) is 6.02. The molecule has 1 amide bonds. The fourth-order valence-corrected chi connectivity index (χ4v) is 3.77. The van der Waals surface area contributed by atoms with E-state index in [1.54, 1.807) is 18.3 Å². The number of nitriles is 1. The van der Waals surface area contributed by atoms with Gasteiger partial charge >= 0.3 is 0 Å². The molecular formula is C24H30N4O2. The second-order valence-electron chi connectivity index (χ2n) is 7.73. The van der Waals surface area contributed by atoms with E-state index in [9.17, 15) is 10.1 Å². The lowest BCUT2D eigenvalue weighted by Crippen LogP contribution is -2.46. The molecule has 2 heterocycles. The Labute approximate surface area is 179 Å². The molecule has 1 aliphatic rings. The Balaban J connectivity index is 1.50. The molecule has 2 aromatic rings. The molecule has 1 aliphatic heterocycles. The standard InChI is InChI=1S/C24H30N4O2/c1-3-4-16-30-22-9-7-19(8-10-22)17-23(29)28-14-11-21(12-15-28)27(2)24-20(18-25)6-5-13-26-24/h5-10,13,21H,3-4,11-12,14-17H2,1-2H3. The fourth-order valence-electron chi connectivity index (χ4n) is 3.77. The Morgan fingerprint density at radius 1 is 1.27 bits per heavy atom. The second-order valence-corrected chi connectivity index (χ2v) is 7.73. The summed E-state index contributed by atoms with van der Waals surface area (Å²) in [5.41, 5.74) is 1.59. The zero-order valence-electron chi connectivity index (χ0n) is 17.9. The Kier molecular flexibility index (Phi) is 7.67. The van der Waals surface area contributed by atoms with Crippen molar-refractivity contribution in [2.45, 2.75) is 45.1 Å². The molecule has 1 fully saturated rings. The summed E-state index contributed by atoms with van der Waals surface area (Å²) in [6.45, 7) is 4.31. The van der Waals surface area contributed by atoms with Crippen LogP contribution < -0.4 is 9.64 Å². The number of likely N-dealkylation sites (tertiary alicyclic amines) is 1. The molecule has 1 aromatic carbocycles. The summed E-state index contributed by atoms with van der Waals surface area (Å²) >= 11 is 0. The van der Waals surface area contributed by atoms with Crippen LogP contribution in [0.25, 0.3) is 0 Å². The summed E-state index contributed by atoms with van der Waals surface area (Å²) < 4.78 is 5.68. The maximum absolute atomic E-state index is 12.7. The van der Waals surface area contributed by atoms with E-state index in [1.807, 2.05) is 36.2 Å². The minimum Gasteiger partial charge on any atom is -0.494 e. The van der Waals surface area contributed by atoms with Crippen LogP contribution in [0.4, 0.5) is 5.82 Å². The number of amides is 1. The van der Waals surface area contributed by atoms with E-state index in [-0.39, 0.29) is 11.9 Å². The van der Waals surface area contributed by atoms with Gasteiger partial charge in [0, 0.05) is 32.4 Å². The van der Waals surface area contributed by atoms with E-state index < -0.39 is 0 Å². The van der Waals surface area contributed by atoms with Crippen molar-refractivity contribution in [1.29, 1.82) is 5.26 Å². The van der Waals surface area contributed by atoms with Crippen molar-refractivity contribution in [3.8, 4) is 11.8 Å². The SMILES string of the molecule is CCCCOc1ccc(CC(=O)N2CCC(N(C)c3ncccc3C#N)CC2)cc1. The molecule has 0 atom stereocenters. The Morgan fingerprint density at radius 2 is 2.00 bits per heavy atom. The van der Waals surface area contributed by atoms with Gasteiger partial charge < -0.3 is 14.5 Å². The number of rotatable bonds is 8. The lowest BCUT2D eigenvalue weighted by atomic mass is 10.0. The van der Waals surface area contributed by atoms with Crippen molar-refractivity contribution in [2.75, 3.05) is 31.6 Å².